The Hall–Kier alpha value is -1.73. The van der Waals surface area contributed by atoms with Crippen LogP contribution in [0, 0.1) is 13.8 Å². The van der Waals surface area contributed by atoms with Gasteiger partial charge in [-0.2, -0.15) is 0 Å². The summed E-state index contributed by atoms with van der Waals surface area (Å²) in [5.74, 6) is -1.15. The number of carbonyl (C=O) groups excluding carboxylic acids is 1. The predicted octanol–water partition coefficient (Wildman–Crippen LogP) is 2.70. The van der Waals surface area contributed by atoms with Gasteiger partial charge in [0.2, 0.25) is 0 Å². The topological polar surface area (TPSA) is 79.3 Å². The van der Waals surface area contributed by atoms with Crippen LogP contribution < -0.4 is 5.32 Å². The summed E-state index contributed by atoms with van der Waals surface area (Å²) in [5, 5.41) is 13.4. The van der Waals surface area contributed by atoms with E-state index in [1.165, 1.54) is 22.7 Å². The van der Waals surface area contributed by atoms with Crippen molar-refractivity contribution in [2.75, 3.05) is 5.32 Å². The van der Waals surface area contributed by atoms with Crippen molar-refractivity contribution in [1.29, 1.82) is 0 Å². The molecule has 2 aromatic rings. The summed E-state index contributed by atoms with van der Waals surface area (Å²) in [5.41, 5.74) is 1.53. The zero-order valence-corrected chi connectivity index (χ0v) is 12.0. The van der Waals surface area contributed by atoms with Crippen molar-refractivity contribution in [3.8, 4) is 0 Å². The highest BCUT2D eigenvalue weighted by molar-refractivity contribution is 7.15. The summed E-state index contributed by atoms with van der Waals surface area (Å²) < 4.78 is 0. The number of hydrogen-bond acceptors (Lipinski definition) is 5. The lowest BCUT2D eigenvalue weighted by molar-refractivity contribution is -0.136. The molecule has 1 amide bonds. The van der Waals surface area contributed by atoms with Crippen LogP contribution in [0.1, 0.15) is 25.8 Å². The normalized spacial score (nSPS) is 10.4. The molecular weight excluding hydrogens is 284 g/mol. The summed E-state index contributed by atoms with van der Waals surface area (Å²) in [6.07, 6.45) is -0.135. The fraction of sp³-hybridized carbons (Fsp3) is 0.250. The third-order valence-electron chi connectivity index (χ3n) is 2.49. The molecule has 0 saturated carbocycles. The van der Waals surface area contributed by atoms with Crippen molar-refractivity contribution >= 4 is 39.7 Å². The van der Waals surface area contributed by atoms with Gasteiger partial charge in [-0.15, -0.1) is 22.7 Å². The molecular formula is C12H12N2O3S2. The minimum absolute atomic E-state index is 0.135. The third kappa shape index (κ3) is 3.39. The Morgan fingerprint density at radius 1 is 1.42 bits per heavy atom. The van der Waals surface area contributed by atoms with E-state index in [2.05, 4.69) is 10.3 Å². The molecule has 2 N–H and O–H groups in total. The number of carbonyl (C=O) groups is 2. The number of anilines is 1. The van der Waals surface area contributed by atoms with Crippen molar-refractivity contribution in [2.45, 2.75) is 20.3 Å². The Labute approximate surface area is 117 Å². The molecule has 0 bridgehead atoms. The highest BCUT2D eigenvalue weighted by Gasteiger charge is 2.13. The van der Waals surface area contributed by atoms with E-state index in [0.717, 1.165) is 10.4 Å². The number of aryl methyl sites for hydroxylation is 2. The van der Waals surface area contributed by atoms with Crippen molar-refractivity contribution in [3.05, 3.63) is 32.5 Å². The number of hydrogen-bond donors (Lipinski definition) is 2. The van der Waals surface area contributed by atoms with Gasteiger partial charge < -0.3 is 5.11 Å². The molecule has 0 aliphatic rings. The number of thiazole rings is 1. The van der Waals surface area contributed by atoms with Crippen molar-refractivity contribution < 1.29 is 14.7 Å². The maximum Gasteiger partial charge on any atom is 0.309 e. The molecule has 0 saturated heterocycles. The Morgan fingerprint density at radius 3 is 2.74 bits per heavy atom. The molecule has 0 aliphatic carbocycles. The molecule has 0 unspecified atom stereocenters. The molecule has 0 aromatic carbocycles. The largest absolute Gasteiger partial charge is 0.481 e. The van der Waals surface area contributed by atoms with Gasteiger partial charge in [-0.1, -0.05) is 0 Å². The van der Waals surface area contributed by atoms with Crippen LogP contribution in [-0.4, -0.2) is 22.0 Å². The first-order chi connectivity index (χ1) is 8.95. The number of carboxylic acids is 1. The monoisotopic (exact) mass is 296 g/mol. The van der Waals surface area contributed by atoms with Crippen LogP contribution >= 0.6 is 22.7 Å². The van der Waals surface area contributed by atoms with Crippen LogP contribution in [0.25, 0.3) is 0 Å². The fourth-order valence-corrected chi connectivity index (χ4v) is 3.08. The van der Waals surface area contributed by atoms with Gasteiger partial charge >= 0.3 is 5.97 Å². The second-order valence-corrected chi connectivity index (χ2v) is 6.13. The van der Waals surface area contributed by atoms with Crippen molar-refractivity contribution in [2.24, 2.45) is 0 Å². The lowest BCUT2D eigenvalue weighted by Gasteiger charge is -1.97. The molecule has 2 rings (SSSR count). The number of nitrogens with zero attached hydrogens (tertiary/aromatic N) is 1. The molecule has 0 fully saturated rings. The van der Waals surface area contributed by atoms with Crippen molar-refractivity contribution in [1.82, 2.24) is 4.98 Å². The standard InChI is InChI=1S/C12H12N2O3S2/c1-6-3-9(19-7(6)2)11(17)14-12-13-8(5-18-12)4-10(15)16/h3,5H,4H2,1-2H3,(H,15,16)(H,13,14,17). The number of rotatable bonds is 4. The Bertz CT molecular complexity index is 611. The van der Waals surface area contributed by atoms with Gasteiger partial charge in [0, 0.05) is 10.3 Å². The first-order valence-electron chi connectivity index (χ1n) is 5.50. The summed E-state index contributed by atoms with van der Waals surface area (Å²) in [6.45, 7) is 3.92. The first kappa shape index (κ1) is 13.7. The van der Waals surface area contributed by atoms with Gasteiger partial charge in [-0.25, -0.2) is 4.98 Å². The number of aliphatic carboxylic acids is 1. The minimum atomic E-state index is -0.937. The van der Waals surface area contributed by atoms with Gasteiger partial charge in [-0.05, 0) is 25.5 Å². The Morgan fingerprint density at radius 2 is 2.16 bits per heavy atom. The molecule has 2 heterocycles. The van der Waals surface area contributed by atoms with E-state index in [1.807, 2.05) is 19.9 Å². The van der Waals surface area contributed by atoms with Gasteiger partial charge in [0.05, 0.1) is 17.0 Å². The molecule has 0 atom stereocenters. The molecule has 0 spiro atoms. The van der Waals surface area contributed by atoms with Gasteiger partial charge in [-0.3, -0.25) is 14.9 Å². The Kier molecular flexibility index (Phi) is 3.96. The van der Waals surface area contributed by atoms with Crippen LogP contribution in [0.3, 0.4) is 0 Å². The van der Waals surface area contributed by atoms with Crippen LogP contribution in [-0.2, 0) is 11.2 Å². The maximum absolute atomic E-state index is 12.0. The highest BCUT2D eigenvalue weighted by atomic mass is 32.1. The van der Waals surface area contributed by atoms with Crippen LogP contribution in [0.2, 0.25) is 0 Å². The zero-order valence-electron chi connectivity index (χ0n) is 10.4. The number of thiophene rings is 1. The lowest BCUT2D eigenvalue weighted by Crippen LogP contribution is -2.10. The van der Waals surface area contributed by atoms with Crippen LogP contribution in [0.5, 0.6) is 0 Å². The lowest BCUT2D eigenvalue weighted by atomic mass is 10.3. The molecule has 0 aliphatic heterocycles. The van der Waals surface area contributed by atoms with E-state index in [-0.39, 0.29) is 12.3 Å². The number of carboxylic acid groups (broad SMARTS) is 1. The molecule has 5 nitrogen and oxygen atoms in total. The quantitative estimate of drug-likeness (QED) is 0.909. The highest BCUT2D eigenvalue weighted by Crippen LogP contribution is 2.23. The SMILES string of the molecule is Cc1cc(C(=O)Nc2nc(CC(=O)O)cs2)sc1C. The summed E-state index contributed by atoms with van der Waals surface area (Å²) in [4.78, 5) is 28.3. The van der Waals surface area contributed by atoms with Gasteiger partial charge in [0.15, 0.2) is 5.13 Å². The summed E-state index contributed by atoms with van der Waals surface area (Å²) >= 11 is 2.65. The van der Waals surface area contributed by atoms with Gasteiger partial charge in [0.1, 0.15) is 0 Å². The molecule has 100 valence electrons. The van der Waals surface area contributed by atoms with Crippen LogP contribution in [0.4, 0.5) is 5.13 Å². The van der Waals surface area contributed by atoms with E-state index < -0.39 is 5.97 Å². The van der Waals surface area contributed by atoms with E-state index in [1.54, 1.807) is 5.38 Å². The Balaban J connectivity index is 2.06. The molecule has 19 heavy (non-hydrogen) atoms. The predicted molar refractivity (Wildman–Crippen MR) is 75.2 cm³/mol. The van der Waals surface area contributed by atoms with E-state index in [0.29, 0.717) is 15.7 Å². The molecule has 7 heteroatoms. The third-order valence-corrected chi connectivity index (χ3v) is 4.45. The van der Waals surface area contributed by atoms with E-state index in [4.69, 9.17) is 5.11 Å². The fourth-order valence-electron chi connectivity index (χ4n) is 1.44. The average molecular weight is 296 g/mol. The van der Waals surface area contributed by atoms with Crippen molar-refractivity contribution in [3.63, 3.8) is 0 Å². The smallest absolute Gasteiger partial charge is 0.309 e. The zero-order chi connectivity index (χ0) is 14.0. The average Bonchev–Trinajstić information content (AvgIpc) is 2.86. The number of nitrogens with one attached hydrogen (secondary N) is 1. The number of amides is 1. The first-order valence-corrected chi connectivity index (χ1v) is 7.20. The maximum atomic E-state index is 12.0. The summed E-state index contributed by atoms with van der Waals surface area (Å²) in [6, 6.07) is 1.83. The van der Waals surface area contributed by atoms with Gasteiger partial charge in [0.25, 0.3) is 5.91 Å². The van der Waals surface area contributed by atoms with Crippen LogP contribution in [0.15, 0.2) is 11.4 Å². The minimum Gasteiger partial charge on any atom is -0.481 e. The van der Waals surface area contributed by atoms with E-state index in [9.17, 15) is 9.59 Å². The van der Waals surface area contributed by atoms with E-state index >= 15 is 0 Å². The molecule has 2 aromatic heterocycles. The second-order valence-electron chi connectivity index (χ2n) is 4.02. The summed E-state index contributed by atoms with van der Waals surface area (Å²) in [7, 11) is 0. The number of aromatic nitrogens is 1. The molecule has 0 radical (unpaired) electrons. The second kappa shape index (κ2) is 5.50.